The third kappa shape index (κ3) is 6.24. The molecule has 0 atom stereocenters. The van der Waals surface area contributed by atoms with Crippen LogP contribution in [-0.4, -0.2) is 36.5 Å². The second-order valence-electron chi connectivity index (χ2n) is 5.06. The standard InChI is InChI=1S/C17H24FNO3/c1-3-5-6-12-19(13-11-16(20)22-4-2)17(21)14-7-9-15(18)10-8-14/h7-10H,3-6,11-13H2,1-2H3. The number of carbonyl (C=O) groups excluding carboxylic acids is 2. The summed E-state index contributed by atoms with van der Waals surface area (Å²) in [5.41, 5.74) is 0.432. The molecule has 1 rings (SSSR count). The van der Waals surface area contributed by atoms with Gasteiger partial charge in [-0.1, -0.05) is 19.8 Å². The SMILES string of the molecule is CCCCCN(CCC(=O)OCC)C(=O)c1ccc(F)cc1. The topological polar surface area (TPSA) is 46.6 Å². The van der Waals surface area contributed by atoms with E-state index in [2.05, 4.69) is 6.92 Å². The van der Waals surface area contributed by atoms with Crippen molar-refractivity contribution in [1.82, 2.24) is 4.90 Å². The van der Waals surface area contributed by atoms with Gasteiger partial charge in [0.05, 0.1) is 13.0 Å². The molecule has 1 aromatic rings. The Morgan fingerprint density at radius 3 is 2.36 bits per heavy atom. The summed E-state index contributed by atoms with van der Waals surface area (Å²) in [7, 11) is 0. The van der Waals surface area contributed by atoms with E-state index in [1.54, 1.807) is 11.8 Å². The highest BCUT2D eigenvalue weighted by Gasteiger charge is 2.17. The van der Waals surface area contributed by atoms with Crippen molar-refractivity contribution in [3.63, 3.8) is 0 Å². The van der Waals surface area contributed by atoms with Crippen LogP contribution in [0.15, 0.2) is 24.3 Å². The number of unbranched alkanes of at least 4 members (excludes halogenated alkanes) is 2. The molecule has 0 aliphatic rings. The van der Waals surface area contributed by atoms with Gasteiger partial charge in [-0.2, -0.15) is 0 Å². The smallest absolute Gasteiger partial charge is 0.307 e. The Bertz CT molecular complexity index is 473. The molecule has 0 aliphatic heterocycles. The molecule has 122 valence electrons. The fourth-order valence-corrected chi connectivity index (χ4v) is 2.10. The molecule has 0 saturated heterocycles. The summed E-state index contributed by atoms with van der Waals surface area (Å²) in [5.74, 6) is -0.865. The van der Waals surface area contributed by atoms with Gasteiger partial charge in [0.2, 0.25) is 0 Å². The third-order valence-corrected chi connectivity index (χ3v) is 3.30. The van der Waals surface area contributed by atoms with Gasteiger partial charge in [0.25, 0.3) is 5.91 Å². The molecule has 0 saturated carbocycles. The van der Waals surface area contributed by atoms with Gasteiger partial charge >= 0.3 is 5.97 Å². The molecular weight excluding hydrogens is 285 g/mol. The van der Waals surface area contributed by atoms with Gasteiger partial charge in [0.15, 0.2) is 0 Å². The summed E-state index contributed by atoms with van der Waals surface area (Å²) < 4.78 is 17.8. The Hall–Kier alpha value is -1.91. The Kier molecular flexibility index (Phi) is 8.18. The number of benzene rings is 1. The van der Waals surface area contributed by atoms with Gasteiger partial charge in [0.1, 0.15) is 5.82 Å². The lowest BCUT2D eigenvalue weighted by Crippen LogP contribution is -2.34. The summed E-state index contributed by atoms with van der Waals surface area (Å²) in [6, 6.07) is 5.47. The second-order valence-corrected chi connectivity index (χ2v) is 5.06. The molecule has 1 aromatic carbocycles. The van der Waals surface area contributed by atoms with Crippen LogP contribution in [0.5, 0.6) is 0 Å². The van der Waals surface area contributed by atoms with E-state index in [-0.39, 0.29) is 24.1 Å². The predicted octanol–water partition coefficient (Wildman–Crippen LogP) is 3.41. The van der Waals surface area contributed by atoms with E-state index in [1.807, 2.05) is 0 Å². The number of halogens is 1. The first-order valence-electron chi connectivity index (χ1n) is 7.79. The minimum atomic E-state index is -0.374. The molecule has 5 heteroatoms. The number of carbonyl (C=O) groups is 2. The molecule has 0 aliphatic carbocycles. The largest absolute Gasteiger partial charge is 0.466 e. The number of nitrogens with zero attached hydrogens (tertiary/aromatic N) is 1. The van der Waals surface area contributed by atoms with Gasteiger partial charge in [-0.05, 0) is 37.6 Å². The molecule has 0 radical (unpaired) electrons. The van der Waals surface area contributed by atoms with Crippen molar-refractivity contribution in [3.05, 3.63) is 35.6 Å². The van der Waals surface area contributed by atoms with Crippen LogP contribution in [0.2, 0.25) is 0 Å². The van der Waals surface area contributed by atoms with Crippen molar-refractivity contribution in [1.29, 1.82) is 0 Å². The first-order chi connectivity index (χ1) is 10.6. The summed E-state index contributed by atoms with van der Waals surface area (Å²) in [4.78, 5) is 25.6. The fraction of sp³-hybridized carbons (Fsp3) is 0.529. The molecule has 0 heterocycles. The molecule has 22 heavy (non-hydrogen) atoms. The zero-order chi connectivity index (χ0) is 16.4. The molecule has 1 amide bonds. The quantitative estimate of drug-likeness (QED) is 0.519. The van der Waals surface area contributed by atoms with Crippen LogP contribution in [-0.2, 0) is 9.53 Å². The van der Waals surface area contributed by atoms with Gasteiger partial charge < -0.3 is 9.64 Å². The van der Waals surface area contributed by atoms with Crippen molar-refractivity contribution < 1.29 is 18.7 Å². The van der Waals surface area contributed by atoms with Crippen molar-refractivity contribution in [2.24, 2.45) is 0 Å². The lowest BCUT2D eigenvalue weighted by molar-refractivity contribution is -0.143. The van der Waals surface area contributed by atoms with E-state index in [1.165, 1.54) is 24.3 Å². The maximum Gasteiger partial charge on any atom is 0.307 e. The van der Waals surface area contributed by atoms with Crippen LogP contribution in [0.25, 0.3) is 0 Å². The van der Waals surface area contributed by atoms with Gasteiger partial charge in [-0.15, -0.1) is 0 Å². The molecule has 0 unspecified atom stereocenters. The predicted molar refractivity (Wildman–Crippen MR) is 83.1 cm³/mol. The molecule has 0 bridgehead atoms. The number of amides is 1. The summed E-state index contributed by atoms with van der Waals surface area (Å²) >= 11 is 0. The van der Waals surface area contributed by atoms with Crippen molar-refractivity contribution in [3.8, 4) is 0 Å². The average Bonchev–Trinajstić information content (AvgIpc) is 2.51. The van der Waals surface area contributed by atoms with Gasteiger partial charge in [-0.25, -0.2) is 4.39 Å². The summed E-state index contributed by atoms with van der Waals surface area (Å²) in [6.45, 7) is 5.08. The normalized spacial score (nSPS) is 10.3. The van der Waals surface area contributed by atoms with E-state index in [9.17, 15) is 14.0 Å². The molecule has 0 N–H and O–H groups in total. The Morgan fingerprint density at radius 1 is 1.09 bits per heavy atom. The number of ether oxygens (including phenoxy) is 1. The minimum Gasteiger partial charge on any atom is -0.466 e. The van der Waals surface area contributed by atoms with E-state index in [0.29, 0.717) is 25.3 Å². The first kappa shape index (κ1) is 18.1. The molecule has 0 aromatic heterocycles. The van der Waals surface area contributed by atoms with Gasteiger partial charge in [-0.3, -0.25) is 9.59 Å². The van der Waals surface area contributed by atoms with Crippen LogP contribution >= 0.6 is 0 Å². The Labute approximate surface area is 131 Å². The van der Waals surface area contributed by atoms with Crippen molar-refractivity contribution in [2.75, 3.05) is 19.7 Å². The van der Waals surface area contributed by atoms with Crippen LogP contribution in [0.3, 0.4) is 0 Å². The second kappa shape index (κ2) is 9.92. The fourth-order valence-electron chi connectivity index (χ4n) is 2.10. The molecule has 0 spiro atoms. The van der Waals surface area contributed by atoms with Crippen LogP contribution in [0, 0.1) is 5.82 Å². The molecule has 0 fully saturated rings. The highest BCUT2D eigenvalue weighted by atomic mass is 19.1. The zero-order valence-electron chi connectivity index (χ0n) is 13.3. The lowest BCUT2D eigenvalue weighted by Gasteiger charge is -2.22. The van der Waals surface area contributed by atoms with Crippen LogP contribution in [0.1, 0.15) is 49.9 Å². The first-order valence-corrected chi connectivity index (χ1v) is 7.79. The number of rotatable bonds is 9. The molecular formula is C17H24FNO3. The van der Waals surface area contributed by atoms with Crippen LogP contribution < -0.4 is 0 Å². The highest BCUT2D eigenvalue weighted by molar-refractivity contribution is 5.94. The lowest BCUT2D eigenvalue weighted by atomic mass is 10.1. The number of esters is 1. The van der Waals surface area contributed by atoms with Gasteiger partial charge in [0, 0.05) is 18.7 Å². The van der Waals surface area contributed by atoms with E-state index >= 15 is 0 Å². The molecule has 4 nitrogen and oxygen atoms in total. The van der Waals surface area contributed by atoms with Crippen LogP contribution in [0.4, 0.5) is 4.39 Å². The minimum absolute atomic E-state index is 0.174. The highest BCUT2D eigenvalue weighted by Crippen LogP contribution is 2.09. The van der Waals surface area contributed by atoms with E-state index < -0.39 is 0 Å². The average molecular weight is 309 g/mol. The van der Waals surface area contributed by atoms with Crippen molar-refractivity contribution >= 4 is 11.9 Å². The maximum absolute atomic E-state index is 13.0. The number of hydrogen-bond donors (Lipinski definition) is 0. The maximum atomic E-state index is 13.0. The third-order valence-electron chi connectivity index (χ3n) is 3.30. The zero-order valence-corrected chi connectivity index (χ0v) is 13.3. The van der Waals surface area contributed by atoms with E-state index in [4.69, 9.17) is 4.74 Å². The Morgan fingerprint density at radius 2 is 1.77 bits per heavy atom. The monoisotopic (exact) mass is 309 g/mol. The van der Waals surface area contributed by atoms with E-state index in [0.717, 1.165) is 19.3 Å². The number of hydrogen-bond acceptors (Lipinski definition) is 3. The summed E-state index contributed by atoms with van der Waals surface area (Å²) in [5, 5.41) is 0. The summed E-state index contributed by atoms with van der Waals surface area (Å²) in [6.07, 6.45) is 3.13. The van der Waals surface area contributed by atoms with Crippen molar-refractivity contribution in [2.45, 2.75) is 39.5 Å². The Balaban J connectivity index is 2.68.